The summed E-state index contributed by atoms with van der Waals surface area (Å²) in [5, 5.41) is 2.33. The van der Waals surface area contributed by atoms with Gasteiger partial charge >= 0.3 is 0 Å². The zero-order chi connectivity index (χ0) is 12.6. The van der Waals surface area contributed by atoms with Crippen molar-refractivity contribution in [3.05, 3.63) is 29.6 Å². The standard InChI is InChI=1S/C11H9FN2O3/c1-13-9(15)5-14-8-4-6(12)2-3-7(8)10(16)11(14)17/h2-4H,5H2,1H3,(H,13,15). The van der Waals surface area contributed by atoms with Crippen LogP contribution >= 0.6 is 0 Å². The average Bonchev–Trinajstić information content (AvgIpc) is 2.54. The van der Waals surface area contributed by atoms with E-state index in [4.69, 9.17) is 0 Å². The predicted molar refractivity (Wildman–Crippen MR) is 57.2 cm³/mol. The minimum absolute atomic E-state index is 0.125. The van der Waals surface area contributed by atoms with Crippen LogP contribution in [0.1, 0.15) is 10.4 Å². The second-order valence-corrected chi connectivity index (χ2v) is 3.56. The molecule has 1 aromatic carbocycles. The van der Waals surface area contributed by atoms with Crippen LogP contribution in [0.3, 0.4) is 0 Å². The van der Waals surface area contributed by atoms with Crippen molar-refractivity contribution >= 4 is 23.3 Å². The number of hydrogen-bond acceptors (Lipinski definition) is 3. The molecule has 0 fully saturated rings. The van der Waals surface area contributed by atoms with Crippen molar-refractivity contribution in [2.75, 3.05) is 18.5 Å². The SMILES string of the molecule is CNC(=O)CN1C(=O)C(=O)c2ccc(F)cc21. The van der Waals surface area contributed by atoms with Crippen molar-refractivity contribution in [3.63, 3.8) is 0 Å². The van der Waals surface area contributed by atoms with Crippen LogP contribution in [0.25, 0.3) is 0 Å². The summed E-state index contributed by atoms with van der Waals surface area (Å²) in [6, 6.07) is 3.42. The molecule has 5 nitrogen and oxygen atoms in total. The molecule has 0 atom stereocenters. The monoisotopic (exact) mass is 236 g/mol. The van der Waals surface area contributed by atoms with Gasteiger partial charge in [0.15, 0.2) is 0 Å². The number of hydrogen-bond donors (Lipinski definition) is 1. The Morgan fingerprint density at radius 3 is 2.76 bits per heavy atom. The number of anilines is 1. The number of nitrogens with zero attached hydrogens (tertiary/aromatic N) is 1. The molecule has 0 radical (unpaired) electrons. The van der Waals surface area contributed by atoms with E-state index < -0.39 is 23.4 Å². The Morgan fingerprint density at radius 2 is 2.12 bits per heavy atom. The average molecular weight is 236 g/mol. The largest absolute Gasteiger partial charge is 0.358 e. The summed E-state index contributed by atoms with van der Waals surface area (Å²) in [4.78, 5) is 35.3. The number of amides is 2. The van der Waals surface area contributed by atoms with E-state index in [-0.39, 0.29) is 17.8 Å². The van der Waals surface area contributed by atoms with Crippen molar-refractivity contribution in [1.29, 1.82) is 0 Å². The number of fused-ring (bicyclic) bond motifs is 1. The van der Waals surface area contributed by atoms with Crippen LogP contribution in [0.15, 0.2) is 18.2 Å². The zero-order valence-electron chi connectivity index (χ0n) is 8.99. The van der Waals surface area contributed by atoms with Gasteiger partial charge in [-0.3, -0.25) is 19.3 Å². The molecule has 0 aliphatic carbocycles. The maximum atomic E-state index is 13.1. The number of benzene rings is 1. The highest BCUT2D eigenvalue weighted by molar-refractivity contribution is 6.52. The van der Waals surface area contributed by atoms with Gasteiger partial charge in [-0.1, -0.05) is 0 Å². The van der Waals surface area contributed by atoms with Gasteiger partial charge in [-0.15, -0.1) is 0 Å². The molecule has 2 amide bonds. The zero-order valence-corrected chi connectivity index (χ0v) is 8.99. The minimum Gasteiger partial charge on any atom is -0.358 e. The fourth-order valence-electron chi connectivity index (χ4n) is 1.65. The normalized spacial score (nSPS) is 13.9. The third-order valence-corrected chi connectivity index (χ3v) is 2.52. The molecular weight excluding hydrogens is 227 g/mol. The molecule has 0 aromatic heterocycles. The topological polar surface area (TPSA) is 66.5 Å². The van der Waals surface area contributed by atoms with Crippen LogP contribution in [-0.2, 0) is 9.59 Å². The van der Waals surface area contributed by atoms with Gasteiger partial charge in [-0.25, -0.2) is 4.39 Å². The summed E-state index contributed by atoms with van der Waals surface area (Å²) in [5.74, 6) is -2.52. The van der Waals surface area contributed by atoms with Gasteiger partial charge in [0.05, 0.1) is 11.3 Å². The Morgan fingerprint density at radius 1 is 1.41 bits per heavy atom. The molecule has 1 N–H and O–H groups in total. The summed E-state index contributed by atoms with van der Waals surface area (Å²) in [6.45, 7) is -0.294. The summed E-state index contributed by atoms with van der Waals surface area (Å²) >= 11 is 0. The van der Waals surface area contributed by atoms with E-state index in [9.17, 15) is 18.8 Å². The van der Waals surface area contributed by atoms with Crippen molar-refractivity contribution in [1.82, 2.24) is 5.32 Å². The molecule has 0 saturated carbocycles. The molecule has 0 bridgehead atoms. The van der Waals surface area contributed by atoms with E-state index in [0.717, 1.165) is 17.0 Å². The van der Waals surface area contributed by atoms with Gasteiger partial charge in [-0.2, -0.15) is 0 Å². The van der Waals surface area contributed by atoms with Gasteiger partial charge < -0.3 is 5.32 Å². The van der Waals surface area contributed by atoms with Gasteiger partial charge in [0, 0.05) is 7.05 Å². The first kappa shape index (κ1) is 11.3. The molecular formula is C11H9FN2O3. The number of carbonyl (C=O) groups excluding carboxylic acids is 3. The Labute approximate surface area is 96.2 Å². The van der Waals surface area contributed by atoms with Gasteiger partial charge in [0.2, 0.25) is 5.91 Å². The van der Waals surface area contributed by atoms with Crippen LogP contribution in [-0.4, -0.2) is 31.2 Å². The first-order valence-electron chi connectivity index (χ1n) is 4.91. The molecule has 17 heavy (non-hydrogen) atoms. The molecule has 0 saturated heterocycles. The van der Waals surface area contributed by atoms with Gasteiger partial charge in [0.25, 0.3) is 11.7 Å². The number of carbonyl (C=O) groups is 3. The van der Waals surface area contributed by atoms with Gasteiger partial charge in [-0.05, 0) is 18.2 Å². The second-order valence-electron chi connectivity index (χ2n) is 3.56. The lowest BCUT2D eigenvalue weighted by atomic mass is 10.1. The first-order valence-corrected chi connectivity index (χ1v) is 4.91. The molecule has 1 heterocycles. The molecule has 0 unspecified atom stereocenters. The maximum Gasteiger partial charge on any atom is 0.299 e. The van der Waals surface area contributed by atoms with E-state index in [0.29, 0.717) is 0 Å². The first-order chi connectivity index (χ1) is 8.04. The lowest BCUT2D eigenvalue weighted by Gasteiger charge is -2.14. The second kappa shape index (κ2) is 3.97. The molecule has 6 heteroatoms. The third kappa shape index (κ3) is 1.77. The molecule has 1 aliphatic heterocycles. The van der Waals surface area contributed by atoms with E-state index in [1.807, 2.05) is 0 Å². The Hall–Kier alpha value is -2.24. The van der Waals surface area contributed by atoms with Crippen LogP contribution in [0, 0.1) is 5.82 Å². The fourth-order valence-corrected chi connectivity index (χ4v) is 1.65. The summed E-state index contributed by atoms with van der Waals surface area (Å²) in [6.07, 6.45) is 0. The number of Topliss-reactive ketones (excluding diaryl/α,β-unsaturated/α-hetero) is 1. The van der Waals surface area contributed by atoms with E-state index >= 15 is 0 Å². The third-order valence-electron chi connectivity index (χ3n) is 2.52. The van der Waals surface area contributed by atoms with E-state index in [1.54, 1.807) is 0 Å². The molecule has 2 rings (SSSR count). The molecule has 1 aromatic rings. The molecule has 1 aliphatic rings. The van der Waals surface area contributed by atoms with Gasteiger partial charge in [0.1, 0.15) is 12.4 Å². The molecule has 88 valence electrons. The number of nitrogens with one attached hydrogen (secondary N) is 1. The van der Waals surface area contributed by atoms with Crippen LogP contribution in [0.2, 0.25) is 0 Å². The highest BCUT2D eigenvalue weighted by Gasteiger charge is 2.36. The smallest absolute Gasteiger partial charge is 0.299 e. The maximum absolute atomic E-state index is 13.1. The van der Waals surface area contributed by atoms with Crippen LogP contribution in [0.5, 0.6) is 0 Å². The Bertz CT molecular complexity index is 527. The van der Waals surface area contributed by atoms with Crippen molar-refractivity contribution < 1.29 is 18.8 Å². The summed E-state index contributed by atoms with van der Waals surface area (Å²) in [7, 11) is 1.41. The van der Waals surface area contributed by atoms with Crippen molar-refractivity contribution in [3.8, 4) is 0 Å². The lowest BCUT2D eigenvalue weighted by Crippen LogP contribution is -2.38. The molecule has 0 spiro atoms. The van der Waals surface area contributed by atoms with E-state index in [2.05, 4.69) is 5.32 Å². The van der Waals surface area contributed by atoms with Crippen LogP contribution < -0.4 is 10.2 Å². The number of rotatable bonds is 2. The van der Waals surface area contributed by atoms with Crippen molar-refractivity contribution in [2.45, 2.75) is 0 Å². The van der Waals surface area contributed by atoms with Crippen molar-refractivity contribution in [2.24, 2.45) is 0 Å². The summed E-state index contributed by atoms with van der Waals surface area (Å²) < 4.78 is 13.1. The van der Waals surface area contributed by atoms with E-state index in [1.165, 1.54) is 13.1 Å². The highest BCUT2D eigenvalue weighted by Crippen LogP contribution is 2.29. The predicted octanol–water partition coefficient (Wildman–Crippen LogP) is 0.101. The fraction of sp³-hybridized carbons (Fsp3) is 0.182. The number of halogens is 1. The minimum atomic E-state index is -0.811. The highest BCUT2D eigenvalue weighted by atomic mass is 19.1. The lowest BCUT2D eigenvalue weighted by molar-refractivity contribution is -0.121. The van der Waals surface area contributed by atoms with Crippen LogP contribution in [0.4, 0.5) is 10.1 Å². The summed E-state index contributed by atoms with van der Waals surface area (Å²) in [5.41, 5.74) is 0.268. The quantitative estimate of drug-likeness (QED) is 0.740. The number of likely N-dealkylation sites (N-methyl/N-ethyl adjacent to an activating group) is 1. The number of ketones is 1. The Kier molecular flexibility index (Phi) is 2.63. The Balaban J connectivity index is 2.42.